The van der Waals surface area contributed by atoms with Gasteiger partial charge in [0.05, 0.1) is 5.69 Å². The molecule has 94 valence electrons. The van der Waals surface area contributed by atoms with Gasteiger partial charge in [-0.3, -0.25) is 0 Å². The highest BCUT2D eigenvalue weighted by molar-refractivity contribution is 6.34. The zero-order valence-corrected chi connectivity index (χ0v) is 11.9. The monoisotopic (exact) mass is 300 g/mol. The lowest BCUT2D eigenvalue weighted by molar-refractivity contribution is 1.13. The van der Waals surface area contributed by atoms with E-state index in [2.05, 4.69) is 10.3 Å². The van der Waals surface area contributed by atoms with Crippen LogP contribution in [0.3, 0.4) is 0 Å². The fraction of sp³-hybridized carbons (Fsp3) is 0.154. The molecule has 0 fully saturated rings. The molecule has 0 aliphatic carbocycles. The predicted molar refractivity (Wildman–Crippen MR) is 77.8 cm³/mol. The van der Waals surface area contributed by atoms with Gasteiger partial charge in [-0.25, -0.2) is 4.98 Å². The van der Waals surface area contributed by atoms with Crippen LogP contribution in [0.1, 0.15) is 11.1 Å². The largest absolute Gasteiger partial charge is 0.378 e. The second-order valence-electron chi connectivity index (χ2n) is 3.98. The van der Waals surface area contributed by atoms with Crippen molar-refractivity contribution in [2.45, 2.75) is 13.5 Å². The molecule has 1 aromatic carbocycles. The Kier molecular flexibility index (Phi) is 4.33. The van der Waals surface area contributed by atoms with Crippen LogP contribution >= 0.6 is 34.8 Å². The first-order valence-electron chi connectivity index (χ1n) is 5.35. The molecule has 1 heterocycles. The number of pyridine rings is 1. The van der Waals surface area contributed by atoms with E-state index < -0.39 is 0 Å². The van der Waals surface area contributed by atoms with Gasteiger partial charge in [0.15, 0.2) is 5.15 Å². The number of nitrogens with zero attached hydrogens (tertiary/aromatic N) is 1. The number of benzene rings is 1. The fourth-order valence-corrected chi connectivity index (χ4v) is 2.33. The van der Waals surface area contributed by atoms with Crippen LogP contribution in [-0.4, -0.2) is 4.98 Å². The van der Waals surface area contributed by atoms with E-state index in [0.29, 0.717) is 21.7 Å². The summed E-state index contributed by atoms with van der Waals surface area (Å²) >= 11 is 17.9. The van der Waals surface area contributed by atoms with Gasteiger partial charge in [0.25, 0.3) is 0 Å². The van der Waals surface area contributed by atoms with Crippen molar-refractivity contribution in [3.05, 3.63) is 56.8 Å². The van der Waals surface area contributed by atoms with Gasteiger partial charge >= 0.3 is 0 Å². The number of hydrogen-bond acceptors (Lipinski definition) is 2. The van der Waals surface area contributed by atoms with E-state index in [1.165, 1.54) is 0 Å². The van der Waals surface area contributed by atoms with E-state index in [-0.39, 0.29) is 0 Å². The molecule has 0 amide bonds. The van der Waals surface area contributed by atoms with Crippen LogP contribution in [0, 0.1) is 6.92 Å². The average molecular weight is 302 g/mol. The van der Waals surface area contributed by atoms with Crippen molar-refractivity contribution < 1.29 is 0 Å². The second kappa shape index (κ2) is 5.79. The molecule has 5 heteroatoms. The van der Waals surface area contributed by atoms with Gasteiger partial charge in [0.2, 0.25) is 0 Å². The lowest BCUT2D eigenvalue weighted by Gasteiger charge is -2.09. The molecular weight excluding hydrogens is 291 g/mol. The normalized spacial score (nSPS) is 10.4. The van der Waals surface area contributed by atoms with Crippen molar-refractivity contribution in [1.82, 2.24) is 4.98 Å². The Morgan fingerprint density at radius 3 is 2.39 bits per heavy atom. The van der Waals surface area contributed by atoms with Crippen molar-refractivity contribution in [2.75, 3.05) is 5.32 Å². The smallest absolute Gasteiger partial charge is 0.152 e. The summed E-state index contributed by atoms with van der Waals surface area (Å²) in [5.41, 5.74) is 2.84. The highest BCUT2D eigenvalue weighted by atomic mass is 35.5. The summed E-state index contributed by atoms with van der Waals surface area (Å²) in [6, 6.07) is 7.37. The molecule has 0 unspecified atom stereocenters. The molecule has 2 rings (SSSR count). The molecule has 1 N–H and O–H groups in total. The second-order valence-corrected chi connectivity index (χ2v) is 5.21. The Morgan fingerprint density at radius 1 is 1.06 bits per heavy atom. The third-order valence-electron chi connectivity index (χ3n) is 2.38. The Bertz CT molecular complexity index is 550. The molecule has 2 aromatic rings. The maximum Gasteiger partial charge on any atom is 0.152 e. The molecule has 0 spiro atoms. The van der Waals surface area contributed by atoms with E-state index >= 15 is 0 Å². The van der Waals surface area contributed by atoms with Crippen LogP contribution in [0.4, 0.5) is 5.69 Å². The number of aromatic nitrogens is 1. The quantitative estimate of drug-likeness (QED) is 0.810. The lowest BCUT2D eigenvalue weighted by atomic mass is 10.2. The summed E-state index contributed by atoms with van der Waals surface area (Å²) in [5.74, 6) is 0. The Labute approximate surface area is 121 Å². The molecule has 18 heavy (non-hydrogen) atoms. The summed E-state index contributed by atoms with van der Waals surface area (Å²) in [6.45, 7) is 2.55. The molecule has 0 saturated carbocycles. The summed E-state index contributed by atoms with van der Waals surface area (Å²) in [6.07, 6.45) is 1.73. The van der Waals surface area contributed by atoms with Crippen LogP contribution in [0.2, 0.25) is 15.2 Å². The summed E-state index contributed by atoms with van der Waals surface area (Å²) in [4.78, 5) is 4.08. The summed E-state index contributed by atoms with van der Waals surface area (Å²) in [5, 5.41) is 4.90. The number of nitrogens with one attached hydrogen (secondary N) is 1. The van der Waals surface area contributed by atoms with Gasteiger partial charge < -0.3 is 5.32 Å². The van der Waals surface area contributed by atoms with Gasteiger partial charge in [0.1, 0.15) is 0 Å². The minimum atomic E-state index is 0.453. The topological polar surface area (TPSA) is 24.9 Å². The third kappa shape index (κ3) is 3.52. The molecular formula is C13H11Cl3N2. The first-order valence-corrected chi connectivity index (χ1v) is 6.49. The highest BCUT2D eigenvalue weighted by Crippen LogP contribution is 2.23. The third-order valence-corrected chi connectivity index (χ3v) is 3.12. The standard InChI is InChI=1S/C13H11Cl3N2/c1-8-2-12(13(16)18-6-8)17-7-9-3-10(14)5-11(15)4-9/h2-6,17H,7H2,1H3. The van der Waals surface area contributed by atoms with Gasteiger partial charge in [-0.1, -0.05) is 34.8 Å². The van der Waals surface area contributed by atoms with E-state index in [0.717, 1.165) is 16.8 Å². The summed E-state index contributed by atoms with van der Waals surface area (Å²) < 4.78 is 0. The zero-order chi connectivity index (χ0) is 13.1. The zero-order valence-electron chi connectivity index (χ0n) is 9.67. The highest BCUT2D eigenvalue weighted by Gasteiger charge is 2.03. The molecule has 2 nitrogen and oxygen atoms in total. The number of aryl methyl sites for hydroxylation is 1. The van der Waals surface area contributed by atoms with Crippen LogP contribution < -0.4 is 5.32 Å². The Balaban J connectivity index is 2.13. The first kappa shape index (κ1) is 13.5. The molecule has 0 radical (unpaired) electrons. The van der Waals surface area contributed by atoms with Crippen LogP contribution in [-0.2, 0) is 6.54 Å². The van der Waals surface area contributed by atoms with Crippen LogP contribution in [0.5, 0.6) is 0 Å². The first-order chi connectivity index (χ1) is 8.54. The van der Waals surface area contributed by atoms with Gasteiger partial charge in [-0.2, -0.15) is 0 Å². The van der Waals surface area contributed by atoms with E-state index in [1.54, 1.807) is 12.3 Å². The molecule has 0 atom stereocenters. The van der Waals surface area contributed by atoms with Crippen molar-refractivity contribution >= 4 is 40.5 Å². The molecule has 0 aliphatic rings. The van der Waals surface area contributed by atoms with Crippen molar-refractivity contribution in [3.63, 3.8) is 0 Å². The number of halogens is 3. The molecule has 0 aliphatic heterocycles. The van der Waals surface area contributed by atoms with Crippen molar-refractivity contribution in [1.29, 1.82) is 0 Å². The van der Waals surface area contributed by atoms with Gasteiger partial charge in [-0.15, -0.1) is 0 Å². The van der Waals surface area contributed by atoms with E-state index in [9.17, 15) is 0 Å². The molecule has 0 saturated heterocycles. The number of hydrogen-bond donors (Lipinski definition) is 1. The number of rotatable bonds is 3. The van der Waals surface area contributed by atoms with E-state index in [1.807, 2.05) is 25.1 Å². The Morgan fingerprint density at radius 2 is 1.72 bits per heavy atom. The van der Waals surface area contributed by atoms with Crippen LogP contribution in [0.15, 0.2) is 30.5 Å². The molecule has 1 aromatic heterocycles. The minimum absolute atomic E-state index is 0.453. The lowest BCUT2D eigenvalue weighted by Crippen LogP contribution is -2.01. The van der Waals surface area contributed by atoms with Gasteiger partial charge in [-0.05, 0) is 42.3 Å². The minimum Gasteiger partial charge on any atom is -0.378 e. The molecule has 0 bridgehead atoms. The number of anilines is 1. The van der Waals surface area contributed by atoms with Crippen molar-refractivity contribution in [3.8, 4) is 0 Å². The predicted octanol–water partition coefficient (Wildman–Crippen LogP) is 4.96. The fourth-order valence-electron chi connectivity index (χ4n) is 1.59. The van der Waals surface area contributed by atoms with Crippen molar-refractivity contribution in [2.24, 2.45) is 0 Å². The van der Waals surface area contributed by atoms with E-state index in [4.69, 9.17) is 34.8 Å². The summed E-state index contributed by atoms with van der Waals surface area (Å²) in [7, 11) is 0. The maximum absolute atomic E-state index is 6.00. The average Bonchev–Trinajstić information content (AvgIpc) is 2.29. The van der Waals surface area contributed by atoms with Gasteiger partial charge in [0, 0.05) is 22.8 Å². The SMILES string of the molecule is Cc1cnc(Cl)c(NCc2cc(Cl)cc(Cl)c2)c1. The Hall–Kier alpha value is -0.960. The maximum atomic E-state index is 6.00. The van der Waals surface area contributed by atoms with Crippen LogP contribution in [0.25, 0.3) is 0 Å².